The maximum atomic E-state index is 13.4. The van der Waals surface area contributed by atoms with Crippen LogP contribution >= 0.6 is 0 Å². The van der Waals surface area contributed by atoms with E-state index in [-0.39, 0.29) is 11.8 Å². The Balaban J connectivity index is 1.46. The van der Waals surface area contributed by atoms with Crippen molar-refractivity contribution in [1.29, 1.82) is 0 Å². The minimum absolute atomic E-state index is 0.0952. The van der Waals surface area contributed by atoms with Gasteiger partial charge in [0.25, 0.3) is 5.91 Å². The highest BCUT2D eigenvalue weighted by atomic mass is 16.5. The molecule has 0 radical (unpaired) electrons. The molecular weight excluding hydrogens is 438 g/mol. The number of anilines is 1. The third kappa shape index (κ3) is 6.28. The van der Waals surface area contributed by atoms with Gasteiger partial charge >= 0.3 is 0 Å². The zero-order valence-corrected chi connectivity index (χ0v) is 20.4. The van der Waals surface area contributed by atoms with Gasteiger partial charge in [-0.25, -0.2) is 0 Å². The number of hydrogen-bond donors (Lipinski definition) is 2. The molecule has 1 heterocycles. The Labute approximate surface area is 207 Å². The second-order valence-corrected chi connectivity index (χ2v) is 8.97. The monoisotopic (exact) mass is 471 g/mol. The lowest BCUT2D eigenvalue weighted by molar-refractivity contribution is -0.118. The molecule has 4 rings (SSSR count). The highest BCUT2D eigenvalue weighted by Crippen LogP contribution is 2.27. The van der Waals surface area contributed by atoms with Crippen LogP contribution in [0.3, 0.4) is 0 Å². The van der Waals surface area contributed by atoms with Crippen LogP contribution in [0.5, 0.6) is 5.75 Å². The van der Waals surface area contributed by atoms with E-state index in [9.17, 15) is 9.59 Å². The first-order valence-electron chi connectivity index (χ1n) is 12.2. The Morgan fingerprint density at radius 1 is 0.943 bits per heavy atom. The van der Waals surface area contributed by atoms with E-state index in [1.54, 1.807) is 7.11 Å². The summed E-state index contributed by atoms with van der Waals surface area (Å²) in [6.07, 6.45) is 3.34. The van der Waals surface area contributed by atoms with E-state index >= 15 is 0 Å². The Morgan fingerprint density at radius 2 is 1.66 bits per heavy atom. The molecule has 182 valence electrons. The molecule has 6 nitrogen and oxygen atoms in total. The SMILES string of the molecule is COc1ccc(C)cc1NC(=O)C(NCc1ccc(C(=O)N2CCCCC2)cc1)c1ccccc1. The summed E-state index contributed by atoms with van der Waals surface area (Å²) in [5.41, 5.74) is 4.25. The van der Waals surface area contributed by atoms with Crippen LogP contribution in [-0.2, 0) is 11.3 Å². The van der Waals surface area contributed by atoms with Crippen LogP contribution in [-0.4, -0.2) is 36.9 Å². The van der Waals surface area contributed by atoms with Crippen LogP contribution in [0.2, 0.25) is 0 Å². The van der Waals surface area contributed by atoms with Gasteiger partial charge < -0.3 is 15.0 Å². The number of rotatable bonds is 8. The van der Waals surface area contributed by atoms with Crippen molar-refractivity contribution < 1.29 is 14.3 Å². The molecule has 1 unspecified atom stereocenters. The van der Waals surface area contributed by atoms with Gasteiger partial charge in [0.2, 0.25) is 5.91 Å². The molecule has 0 aliphatic carbocycles. The van der Waals surface area contributed by atoms with E-state index in [4.69, 9.17) is 4.74 Å². The largest absolute Gasteiger partial charge is 0.495 e. The third-order valence-corrected chi connectivity index (χ3v) is 6.36. The third-order valence-electron chi connectivity index (χ3n) is 6.36. The van der Waals surface area contributed by atoms with Gasteiger partial charge in [0.15, 0.2) is 0 Å². The summed E-state index contributed by atoms with van der Waals surface area (Å²) in [5.74, 6) is 0.541. The number of methoxy groups -OCH3 is 1. The molecule has 3 aromatic carbocycles. The Kier molecular flexibility index (Phi) is 8.16. The standard InChI is InChI=1S/C29H33N3O3/c1-21-11-16-26(35-2)25(19-21)31-28(33)27(23-9-5-3-6-10-23)30-20-22-12-14-24(15-13-22)29(34)32-17-7-4-8-18-32/h3,5-6,9-16,19,27,30H,4,7-8,17-18,20H2,1-2H3,(H,31,33). The first-order chi connectivity index (χ1) is 17.0. The van der Waals surface area contributed by atoms with E-state index in [2.05, 4.69) is 10.6 Å². The van der Waals surface area contributed by atoms with Crippen LogP contribution in [0, 0.1) is 6.92 Å². The molecule has 1 aliphatic rings. The lowest BCUT2D eigenvalue weighted by atomic mass is 10.0. The fourth-order valence-electron chi connectivity index (χ4n) is 4.40. The van der Waals surface area contributed by atoms with Gasteiger partial charge in [0.05, 0.1) is 12.8 Å². The smallest absolute Gasteiger partial charge is 0.253 e. The van der Waals surface area contributed by atoms with Crippen molar-refractivity contribution in [3.05, 3.63) is 95.1 Å². The number of nitrogens with one attached hydrogen (secondary N) is 2. The summed E-state index contributed by atoms with van der Waals surface area (Å²) in [6.45, 7) is 4.13. The second kappa shape index (κ2) is 11.7. The highest BCUT2D eigenvalue weighted by Gasteiger charge is 2.22. The number of likely N-dealkylation sites (tertiary alicyclic amines) is 1. The van der Waals surface area contributed by atoms with E-state index < -0.39 is 6.04 Å². The molecular formula is C29H33N3O3. The zero-order chi connectivity index (χ0) is 24.6. The predicted octanol–water partition coefficient (Wildman–Crippen LogP) is 5.10. The number of hydrogen-bond acceptors (Lipinski definition) is 4. The molecule has 6 heteroatoms. The molecule has 2 N–H and O–H groups in total. The molecule has 2 amide bonds. The van der Waals surface area contributed by atoms with Gasteiger partial charge in [-0.1, -0.05) is 48.5 Å². The first kappa shape index (κ1) is 24.5. The number of piperidine rings is 1. The van der Waals surface area contributed by atoms with Crippen LogP contribution in [0.1, 0.15) is 52.4 Å². The molecule has 1 fully saturated rings. The summed E-state index contributed by atoms with van der Waals surface area (Å²) in [5, 5.41) is 6.41. The summed E-state index contributed by atoms with van der Waals surface area (Å²) < 4.78 is 5.42. The van der Waals surface area contributed by atoms with Gasteiger partial charge in [-0.3, -0.25) is 14.9 Å². The molecule has 35 heavy (non-hydrogen) atoms. The number of carbonyl (C=O) groups is 2. The number of aryl methyl sites for hydroxylation is 1. The van der Waals surface area contributed by atoms with Crippen LogP contribution in [0.25, 0.3) is 0 Å². The highest BCUT2D eigenvalue weighted by molar-refractivity contribution is 5.97. The lowest BCUT2D eigenvalue weighted by Gasteiger charge is -2.26. The van der Waals surface area contributed by atoms with Crippen molar-refractivity contribution in [2.24, 2.45) is 0 Å². The fourth-order valence-corrected chi connectivity index (χ4v) is 4.40. The summed E-state index contributed by atoms with van der Waals surface area (Å²) in [6, 6.07) is 22.4. The molecule has 0 bridgehead atoms. The van der Waals surface area contributed by atoms with Crippen LogP contribution < -0.4 is 15.4 Å². The molecule has 1 aliphatic heterocycles. The van der Waals surface area contributed by atoms with Crippen molar-refractivity contribution in [3.8, 4) is 5.75 Å². The molecule has 0 saturated carbocycles. The number of benzene rings is 3. The number of ether oxygens (including phenoxy) is 1. The van der Waals surface area contributed by atoms with Crippen LogP contribution in [0.4, 0.5) is 5.69 Å². The fraction of sp³-hybridized carbons (Fsp3) is 0.310. The summed E-state index contributed by atoms with van der Waals surface area (Å²) in [7, 11) is 1.59. The van der Waals surface area contributed by atoms with E-state index in [0.29, 0.717) is 23.5 Å². The van der Waals surface area contributed by atoms with Gasteiger partial charge in [-0.05, 0) is 67.1 Å². The van der Waals surface area contributed by atoms with Crippen molar-refractivity contribution in [2.75, 3.05) is 25.5 Å². The maximum absolute atomic E-state index is 13.4. The maximum Gasteiger partial charge on any atom is 0.253 e. The average molecular weight is 472 g/mol. The van der Waals surface area contributed by atoms with Gasteiger partial charge in [0.1, 0.15) is 11.8 Å². The first-order valence-corrected chi connectivity index (χ1v) is 12.2. The van der Waals surface area contributed by atoms with E-state index in [0.717, 1.165) is 42.6 Å². The second-order valence-electron chi connectivity index (χ2n) is 8.97. The molecule has 1 saturated heterocycles. The normalized spacial score (nSPS) is 14.3. The molecule has 1 atom stereocenters. The predicted molar refractivity (Wildman–Crippen MR) is 139 cm³/mol. The average Bonchev–Trinajstić information content (AvgIpc) is 2.90. The van der Waals surface area contributed by atoms with Crippen molar-refractivity contribution in [3.63, 3.8) is 0 Å². The lowest BCUT2D eigenvalue weighted by Crippen LogP contribution is -2.35. The minimum Gasteiger partial charge on any atom is -0.495 e. The van der Waals surface area contributed by atoms with E-state index in [1.165, 1.54) is 6.42 Å². The van der Waals surface area contributed by atoms with E-state index in [1.807, 2.05) is 84.6 Å². The van der Waals surface area contributed by atoms with Gasteiger partial charge in [-0.2, -0.15) is 0 Å². The summed E-state index contributed by atoms with van der Waals surface area (Å²) in [4.78, 5) is 28.0. The zero-order valence-electron chi connectivity index (χ0n) is 20.4. The molecule has 0 spiro atoms. The Hall–Kier alpha value is -3.64. The Morgan fingerprint density at radius 3 is 2.34 bits per heavy atom. The number of carbonyl (C=O) groups excluding carboxylic acids is 2. The summed E-state index contributed by atoms with van der Waals surface area (Å²) >= 11 is 0. The number of nitrogens with zero attached hydrogens (tertiary/aromatic N) is 1. The van der Waals surface area contributed by atoms with Gasteiger partial charge in [-0.15, -0.1) is 0 Å². The van der Waals surface area contributed by atoms with Crippen molar-refractivity contribution >= 4 is 17.5 Å². The molecule has 0 aromatic heterocycles. The number of amides is 2. The quantitative estimate of drug-likeness (QED) is 0.480. The van der Waals surface area contributed by atoms with Crippen molar-refractivity contribution in [2.45, 2.75) is 38.8 Å². The molecule has 3 aromatic rings. The Bertz CT molecular complexity index is 1140. The topological polar surface area (TPSA) is 70.7 Å². The van der Waals surface area contributed by atoms with Gasteiger partial charge in [0, 0.05) is 25.2 Å². The van der Waals surface area contributed by atoms with Crippen LogP contribution in [0.15, 0.2) is 72.8 Å². The minimum atomic E-state index is -0.559. The van der Waals surface area contributed by atoms with Crippen molar-refractivity contribution in [1.82, 2.24) is 10.2 Å².